The van der Waals surface area contributed by atoms with E-state index in [0.717, 1.165) is 0 Å². The van der Waals surface area contributed by atoms with Gasteiger partial charge in [-0.25, -0.2) is 0 Å². The number of non-ortho nitro benzene ring substituents is 1. The Balaban J connectivity index is 1.26. The zero-order valence-electron chi connectivity index (χ0n) is 20.2. The molecule has 0 saturated carbocycles. The molecule has 0 unspecified atom stereocenters. The highest BCUT2D eigenvalue weighted by atomic mass is 32.2. The number of fused-ring (bicyclic) bond motifs is 1. The number of ether oxygens (including phenoxy) is 4. The smallest absolute Gasteiger partial charge is 0.271 e. The van der Waals surface area contributed by atoms with E-state index in [0.29, 0.717) is 43.5 Å². The zero-order chi connectivity index (χ0) is 27.5. The summed E-state index contributed by atoms with van der Waals surface area (Å²) in [6.45, 7) is -0.228. The third kappa shape index (κ3) is 5.63. The molecule has 0 spiro atoms. The molecular weight excluding hydrogens is 546 g/mol. The van der Waals surface area contributed by atoms with E-state index < -0.39 is 10.8 Å². The second-order valence-corrected chi connectivity index (χ2v) is 9.79. The average molecular weight is 566 g/mol. The Labute approximate surface area is 231 Å². The SMILES string of the molecule is COc1cc(/C=C2\SC(=S)N(c3ccc4c(c3)OCO4)C2=O)ccc1OCC(=O)Nc1cccc([N+](=O)[O-])c1. The first-order chi connectivity index (χ1) is 18.8. The maximum absolute atomic E-state index is 13.2. The predicted octanol–water partition coefficient (Wildman–Crippen LogP) is 4.76. The minimum absolute atomic E-state index is 0.126. The summed E-state index contributed by atoms with van der Waals surface area (Å²) >= 11 is 6.62. The Kier molecular flexibility index (Phi) is 7.34. The van der Waals surface area contributed by atoms with Gasteiger partial charge in [0.05, 0.1) is 22.6 Å². The van der Waals surface area contributed by atoms with Gasteiger partial charge in [-0.3, -0.25) is 24.6 Å². The zero-order valence-corrected chi connectivity index (χ0v) is 21.9. The number of nitrogens with zero attached hydrogens (tertiary/aromatic N) is 2. The summed E-state index contributed by atoms with van der Waals surface area (Å²) in [5.74, 6) is 1.02. The van der Waals surface area contributed by atoms with E-state index in [1.165, 1.54) is 48.0 Å². The van der Waals surface area contributed by atoms with Crippen LogP contribution in [0.3, 0.4) is 0 Å². The number of nitro benzene ring substituents is 1. The van der Waals surface area contributed by atoms with Crippen LogP contribution in [0.1, 0.15) is 5.56 Å². The van der Waals surface area contributed by atoms with Crippen molar-refractivity contribution in [2.24, 2.45) is 0 Å². The number of nitro groups is 1. The molecule has 11 nitrogen and oxygen atoms in total. The van der Waals surface area contributed by atoms with Crippen LogP contribution in [0.2, 0.25) is 0 Å². The molecule has 2 aliphatic heterocycles. The summed E-state index contributed by atoms with van der Waals surface area (Å²) in [6, 6.07) is 15.8. The van der Waals surface area contributed by atoms with E-state index in [1.807, 2.05) is 0 Å². The molecule has 1 fully saturated rings. The van der Waals surface area contributed by atoms with Crippen molar-refractivity contribution in [3.8, 4) is 23.0 Å². The van der Waals surface area contributed by atoms with Crippen molar-refractivity contribution in [1.29, 1.82) is 0 Å². The molecule has 1 saturated heterocycles. The Bertz CT molecular complexity index is 1540. The molecule has 0 radical (unpaired) electrons. The summed E-state index contributed by atoms with van der Waals surface area (Å²) in [7, 11) is 1.45. The predicted molar refractivity (Wildman–Crippen MR) is 148 cm³/mol. The largest absolute Gasteiger partial charge is 0.493 e. The fourth-order valence-electron chi connectivity index (χ4n) is 3.80. The van der Waals surface area contributed by atoms with E-state index in [4.69, 9.17) is 31.2 Å². The van der Waals surface area contributed by atoms with Crippen molar-refractivity contribution in [3.05, 3.63) is 81.2 Å². The molecule has 198 valence electrons. The van der Waals surface area contributed by atoms with Crippen LogP contribution in [0.4, 0.5) is 17.1 Å². The van der Waals surface area contributed by atoms with E-state index >= 15 is 0 Å². The minimum Gasteiger partial charge on any atom is -0.493 e. The van der Waals surface area contributed by atoms with Crippen LogP contribution in [0.25, 0.3) is 6.08 Å². The second-order valence-electron chi connectivity index (χ2n) is 8.11. The lowest BCUT2D eigenvalue weighted by atomic mass is 10.1. The second kappa shape index (κ2) is 11.0. The summed E-state index contributed by atoms with van der Waals surface area (Å²) in [5.41, 5.74) is 1.37. The van der Waals surface area contributed by atoms with Crippen molar-refractivity contribution in [2.45, 2.75) is 0 Å². The number of benzene rings is 3. The number of thiocarbonyl (C=S) groups is 1. The highest BCUT2D eigenvalue weighted by Crippen LogP contribution is 2.41. The standard InChI is InChI=1S/C26H19N3O8S2/c1-34-21-9-15(5-7-19(21)35-13-24(30)27-16-3-2-4-18(11-16)29(32)33)10-23-25(31)28(26(38)39-23)17-6-8-20-22(12-17)37-14-36-20/h2-12H,13-14H2,1H3,(H,27,30)/b23-10-. The third-order valence-corrected chi connectivity index (χ3v) is 6.90. The number of nitrogens with one attached hydrogen (secondary N) is 1. The molecule has 0 aromatic heterocycles. The highest BCUT2D eigenvalue weighted by molar-refractivity contribution is 8.27. The van der Waals surface area contributed by atoms with Crippen molar-refractivity contribution in [3.63, 3.8) is 0 Å². The Morgan fingerprint density at radius 1 is 1.15 bits per heavy atom. The van der Waals surface area contributed by atoms with Crippen LogP contribution in [0, 0.1) is 10.1 Å². The van der Waals surface area contributed by atoms with E-state index in [9.17, 15) is 19.7 Å². The van der Waals surface area contributed by atoms with Gasteiger partial charge in [0.1, 0.15) is 0 Å². The van der Waals surface area contributed by atoms with E-state index in [-0.39, 0.29) is 30.7 Å². The molecule has 2 aliphatic rings. The normalized spacial score (nSPS) is 15.0. The van der Waals surface area contributed by atoms with Crippen molar-refractivity contribution >= 4 is 63.3 Å². The number of methoxy groups -OCH3 is 1. The lowest BCUT2D eigenvalue weighted by Crippen LogP contribution is -2.27. The number of hydrogen-bond donors (Lipinski definition) is 1. The average Bonchev–Trinajstić information content (AvgIpc) is 3.50. The van der Waals surface area contributed by atoms with Gasteiger partial charge in [0.2, 0.25) is 6.79 Å². The lowest BCUT2D eigenvalue weighted by Gasteiger charge is -2.14. The Morgan fingerprint density at radius 3 is 2.77 bits per heavy atom. The third-order valence-electron chi connectivity index (χ3n) is 5.59. The van der Waals surface area contributed by atoms with Crippen LogP contribution < -0.4 is 29.2 Å². The van der Waals surface area contributed by atoms with Gasteiger partial charge in [-0.05, 0) is 42.0 Å². The maximum atomic E-state index is 13.2. The van der Waals surface area contributed by atoms with Crippen LogP contribution in [0.15, 0.2) is 65.6 Å². The molecule has 13 heteroatoms. The number of rotatable bonds is 8. The molecule has 1 N–H and O–H groups in total. The summed E-state index contributed by atoms with van der Waals surface area (Å²) in [5, 5.41) is 13.5. The van der Waals surface area contributed by atoms with Crippen LogP contribution >= 0.6 is 24.0 Å². The monoisotopic (exact) mass is 565 g/mol. The number of thioether (sulfide) groups is 1. The van der Waals surface area contributed by atoms with Gasteiger partial charge in [0.15, 0.2) is 33.9 Å². The highest BCUT2D eigenvalue weighted by Gasteiger charge is 2.34. The van der Waals surface area contributed by atoms with E-state index in [1.54, 1.807) is 42.5 Å². The quantitative estimate of drug-likeness (QED) is 0.177. The molecule has 0 atom stereocenters. The first-order valence-corrected chi connectivity index (χ1v) is 12.6. The number of hydrogen-bond acceptors (Lipinski definition) is 10. The Hall–Kier alpha value is -4.62. The molecule has 2 heterocycles. The van der Waals surface area contributed by atoms with Crippen LogP contribution in [-0.2, 0) is 9.59 Å². The maximum Gasteiger partial charge on any atom is 0.271 e. The fourth-order valence-corrected chi connectivity index (χ4v) is 5.10. The first kappa shape index (κ1) is 26.0. The van der Waals surface area contributed by atoms with Gasteiger partial charge < -0.3 is 24.3 Å². The molecule has 3 aromatic carbocycles. The van der Waals surface area contributed by atoms with Crippen molar-refractivity contribution < 1.29 is 33.5 Å². The van der Waals surface area contributed by atoms with Crippen molar-refractivity contribution in [2.75, 3.05) is 30.7 Å². The van der Waals surface area contributed by atoms with Gasteiger partial charge in [-0.2, -0.15) is 0 Å². The molecule has 39 heavy (non-hydrogen) atoms. The van der Waals surface area contributed by atoms with Crippen LogP contribution in [-0.4, -0.2) is 41.6 Å². The summed E-state index contributed by atoms with van der Waals surface area (Å²) in [4.78, 5) is 37.7. The number of carbonyl (C=O) groups excluding carboxylic acids is 2. The van der Waals surface area contributed by atoms with E-state index in [2.05, 4.69) is 5.32 Å². The van der Waals surface area contributed by atoms with Crippen LogP contribution in [0.5, 0.6) is 23.0 Å². The summed E-state index contributed by atoms with van der Waals surface area (Å²) in [6.07, 6.45) is 1.69. The lowest BCUT2D eigenvalue weighted by molar-refractivity contribution is -0.384. The summed E-state index contributed by atoms with van der Waals surface area (Å²) < 4.78 is 22.1. The molecule has 0 aliphatic carbocycles. The van der Waals surface area contributed by atoms with Gasteiger partial charge in [0.25, 0.3) is 17.5 Å². The number of carbonyl (C=O) groups is 2. The number of anilines is 2. The molecule has 5 rings (SSSR count). The van der Waals surface area contributed by atoms with Gasteiger partial charge in [-0.1, -0.05) is 36.1 Å². The van der Waals surface area contributed by atoms with Gasteiger partial charge in [0, 0.05) is 23.9 Å². The Morgan fingerprint density at radius 2 is 1.97 bits per heavy atom. The van der Waals surface area contributed by atoms with Gasteiger partial charge >= 0.3 is 0 Å². The first-order valence-electron chi connectivity index (χ1n) is 11.3. The topological polar surface area (TPSA) is 129 Å². The minimum atomic E-state index is -0.548. The molecule has 0 bridgehead atoms. The number of amides is 2. The molecule has 3 aromatic rings. The van der Waals surface area contributed by atoms with Crippen molar-refractivity contribution in [1.82, 2.24) is 0 Å². The fraction of sp³-hybridized carbons (Fsp3) is 0.115. The van der Waals surface area contributed by atoms with Gasteiger partial charge in [-0.15, -0.1) is 0 Å². The molecule has 2 amide bonds. The molecular formula is C26H19N3O8S2.